The quantitative estimate of drug-likeness (QED) is 0.577. The molecule has 0 spiro atoms. The first kappa shape index (κ1) is 11.4. The molecule has 0 bridgehead atoms. The third-order valence-corrected chi connectivity index (χ3v) is 1.92. The van der Waals surface area contributed by atoms with Crippen LogP contribution in [-0.2, 0) is 0 Å². The van der Waals surface area contributed by atoms with Gasteiger partial charge in [-0.15, -0.1) is 0 Å². The number of benzene rings is 1. The highest BCUT2D eigenvalue weighted by Crippen LogP contribution is 2.25. The monoisotopic (exact) mass is 215 g/mol. The van der Waals surface area contributed by atoms with Gasteiger partial charge in [-0.3, -0.25) is 0 Å². The van der Waals surface area contributed by atoms with E-state index >= 15 is 0 Å². The van der Waals surface area contributed by atoms with Crippen LogP contribution in [0.15, 0.2) is 12.1 Å². The van der Waals surface area contributed by atoms with Crippen molar-refractivity contribution in [3.63, 3.8) is 0 Å². The lowest BCUT2D eigenvalue weighted by Gasteiger charge is -2.10. The summed E-state index contributed by atoms with van der Waals surface area (Å²) in [5.41, 5.74) is 4.56. The van der Waals surface area contributed by atoms with Gasteiger partial charge in [0.05, 0.1) is 6.10 Å². The molecular weight excluding hydrogens is 205 g/mol. The summed E-state index contributed by atoms with van der Waals surface area (Å²) >= 11 is 0. The van der Waals surface area contributed by atoms with Crippen molar-refractivity contribution in [2.45, 2.75) is 6.10 Å². The van der Waals surface area contributed by atoms with E-state index in [-0.39, 0.29) is 12.1 Å². The number of aromatic hydroxyl groups is 1. The SMILES string of the molecule is NCC(O)c1cc(F)c(O)c(C(=O)O)c1. The highest BCUT2D eigenvalue weighted by Gasteiger charge is 2.18. The van der Waals surface area contributed by atoms with Crippen molar-refractivity contribution in [1.82, 2.24) is 0 Å². The second-order valence-electron chi connectivity index (χ2n) is 2.96. The molecule has 0 saturated heterocycles. The van der Waals surface area contributed by atoms with Gasteiger partial charge < -0.3 is 21.1 Å². The zero-order valence-corrected chi connectivity index (χ0v) is 7.64. The fraction of sp³-hybridized carbons (Fsp3) is 0.222. The van der Waals surface area contributed by atoms with Crippen molar-refractivity contribution >= 4 is 5.97 Å². The molecule has 5 N–H and O–H groups in total. The summed E-state index contributed by atoms with van der Waals surface area (Å²) in [6, 6.07) is 1.83. The van der Waals surface area contributed by atoms with Gasteiger partial charge in [-0.2, -0.15) is 0 Å². The van der Waals surface area contributed by atoms with Gasteiger partial charge in [-0.1, -0.05) is 0 Å². The van der Waals surface area contributed by atoms with E-state index in [0.29, 0.717) is 0 Å². The topological polar surface area (TPSA) is 104 Å². The second-order valence-corrected chi connectivity index (χ2v) is 2.96. The van der Waals surface area contributed by atoms with Crippen molar-refractivity contribution in [1.29, 1.82) is 0 Å². The van der Waals surface area contributed by atoms with Crippen LogP contribution in [0.5, 0.6) is 5.75 Å². The van der Waals surface area contributed by atoms with Crippen LogP contribution in [-0.4, -0.2) is 27.8 Å². The van der Waals surface area contributed by atoms with Gasteiger partial charge in [0.1, 0.15) is 5.56 Å². The van der Waals surface area contributed by atoms with E-state index in [4.69, 9.17) is 15.9 Å². The highest BCUT2D eigenvalue weighted by molar-refractivity contribution is 5.91. The van der Waals surface area contributed by atoms with E-state index in [1.807, 2.05) is 0 Å². The van der Waals surface area contributed by atoms with E-state index in [1.165, 1.54) is 0 Å². The molecule has 0 amide bonds. The number of aliphatic hydroxyl groups is 1. The van der Waals surface area contributed by atoms with Crippen molar-refractivity contribution in [3.8, 4) is 5.75 Å². The van der Waals surface area contributed by atoms with Crippen LogP contribution in [0.1, 0.15) is 22.0 Å². The Morgan fingerprint density at radius 3 is 2.60 bits per heavy atom. The molecule has 0 saturated carbocycles. The molecule has 0 fully saturated rings. The van der Waals surface area contributed by atoms with E-state index in [9.17, 15) is 14.3 Å². The summed E-state index contributed by atoms with van der Waals surface area (Å²) in [7, 11) is 0. The average Bonchev–Trinajstić information content (AvgIpc) is 2.20. The average molecular weight is 215 g/mol. The first-order valence-electron chi connectivity index (χ1n) is 4.11. The van der Waals surface area contributed by atoms with Crippen LogP contribution in [0.2, 0.25) is 0 Å². The Morgan fingerprint density at radius 1 is 1.53 bits per heavy atom. The number of carboxylic acid groups (broad SMARTS) is 1. The number of aliphatic hydroxyl groups excluding tert-OH is 1. The number of carbonyl (C=O) groups is 1. The fourth-order valence-corrected chi connectivity index (χ4v) is 1.11. The molecule has 1 rings (SSSR count). The number of hydrogen-bond donors (Lipinski definition) is 4. The van der Waals surface area contributed by atoms with Crippen LogP contribution in [0.4, 0.5) is 4.39 Å². The standard InChI is InChI=1S/C9H10FNO4/c10-6-2-4(7(12)3-11)1-5(8(6)13)9(14)15/h1-2,7,12-13H,3,11H2,(H,14,15). The minimum absolute atomic E-state index is 0.0187. The first-order chi connectivity index (χ1) is 6.97. The molecule has 5 nitrogen and oxygen atoms in total. The van der Waals surface area contributed by atoms with Gasteiger partial charge in [-0.25, -0.2) is 9.18 Å². The maximum atomic E-state index is 13.0. The summed E-state index contributed by atoms with van der Waals surface area (Å²) in [5.74, 6) is -3.52. The molecule has 0 aliphatic rings. The lowest BCUT2D eigenvalue weighted by molar-refractivity contribution is 0.0692. The number of nitrogens with two attached hydrogens (primary N) is 1. The summed E-state index contributed by atoms with van der Waals surface area (Å²) < 4.78 is 13.0. The van der Waals surface area contributed by atoms with Crippen molar-refractivity contribution in [3.05, 3.63) is 29.1 Å². The Bertz CT molecular complexity index is 394. The number of hydrogen-bond acceptors (Lipinski definition) is 4. The maximum Gasteiger partial charge on any atom is 0.339 e. The van der Waals surface area contributed by atoms with E-state index in [2.05, 4.69) is 0 Å². The Hall–Kier alpha value is -1.66. The highest BCUT2D eigenvalue weighted by atomic mass is 19.1. The van der Waals surface area contributed by atoms with E-state index < -0.39 is 29.2 Å². The Labute approximate surface area is 84.6 Å². The molecule has 0 aromatic heterocycles. The summed E-state index contributed by atoms with van der Waals surface area (Å²) in [6.45, 7) is -0.163. The molecule has 1 aromatic rings. The smallest absolute Gasteiger partial charge is 0.339 e. The van der Waals surface area contributed by atoms with Gasteiger partial charge in [0.2, 0.25) is 0 Å². The van der Waals surface area contributed by atoms with Crippen LogP contribution < -0.4 is 5.73 Å². The van der Waals surface area contributed by atoms with Gasteiger partial charge >= 0.3 is 5.97 Å². The minimum atomic E-state index is -1.47. The Morgan fingerprint density at radius 2 is 2.13 bits per heavy atom. The van der Waals surface area contributed by atoms with Gasteiger partial charge in [0, 0.05) is 6.54 Å². The Kier molecular flexibility index (Phi) is 3.23. The van der Waals surface area contributed by atoms with Crippen molar-refractivity contribution in [2.24, 2.45) is 5.73 Å². The molecule has 1 aromatic carbocycles. The lowest BCUT2D eigenvalue weighted by Crippen LogP contribution is -2.13. The third kappa shape index (κ3) is 2.23. The lowest BCUT2D eigenvalue weighted by atomic mass is 10.0. The summed E-state index contributed by atoms with van der Waals surface area (Å²) in [6.07, 6.45) is -1.15. The zero-order valence-electron chi connectivity index (χ0n) is 7.64. The van der Waals surface area contributed by atoms with E-state index in [1.54, 1.807) is 0 Å². The largest absolute Gasteiger partial charge is 0.504 e. The number of halogens is 1. The predicted octanol–water partition coefficient (Wildman–Crippen LogP) is 0.222. The number of carboxylic acids is 1. The van der Waals surface area contributed by atoms with Crippen LogP contribution in [0.25, 0.3) is 0 Å². The summed E-state index contributed by atoms with van der Waals surface area (Å²) in [4.78, 5) is 10.6. The minimum Gasteiger partial charge on any atom is -0.504 e. The first-order valence-corrected chi connectivity index (χ1v) is 4.11. The molecule has 0 heterocycles. The molecule has 15 heavy (non-hydrogen) atoms. The molecule has 0 aliphatic heterocycles. The third-order valence-electron chi connectivity index (χ3n) is 1.92. The van der Waals surface area contributed by atoms with Crippen LogP contribution in [0, 0.1) is 5.82 Å². The molecule has 0 aliphatic carbocycles. The molecule has 0 radical (unpaired) electrons. The molecule has 82 valence electrons. The van der Waals surface area contributed by atoms with Gasteiger partial charge in [-0.05, 0) is 17.7 Å². The zero-order chi connectivity index (χ0) is 11.6. The second kappa shape index (κ2) is 4.24. The number of phenols is 1. The van der Waals surface area contributed by atoms with Crippen molar-refractivity contribution < 1.29 is 24.5 Å². The molecule has 6 heteroatoms. The predicted molar refractivity (Wildman–Crippen MR) is 49.0 cm³/mol. The van der Waals surface area contributed by atoms with Gasteiger partial charge in [0.15, 0.2) is 11.6 Å². The van der Waals surface area contributed by atoms with Gasteiger partial charge in [0.25, 0.3) is 0 Å². The Balaban J connectivity index is 3.29. The summed E-state index contributed by atoms with van der Waals surface area (Å²) in [5, 5.41) is 27.0. The van der Waals surface area contributed by atoms with Crippen LogP contribution in [0.3, 0.4) is 0 Å². The normalized spacial score (nSPS) is 12.5. The number of aromatic carboxylic acids is 1. The fourth-order valence-electron chi connectivity index (χ4n) is 1.11. The maximum absolute atomic E-state index is 13.0. The van der Waals surface area contributed by atoms with E-state index in [0.717, 1.165) is 12.1 Å². The van der Waals surface area contributed by atoms with Crippen LogP contribution >= 0.6 is 0 Å². The van der Waals surface area contributed by atoms with Crippen molar-refractivity contribution in [2.75, 3.05) is 6.54 Å². The molecular formula is C9H10FNO4. The molecule has 1 unspecified atom stereocenters. The number of rotatable bonds is 3. The molecule has 1 atom stereocenters.